The molecule has 0 bridgehead atoms. The van der Waals surface area contributed by atoms with Gasteiger partial charge in [0.1, 0.15) is 34.2 Å². The lowest BCUT2D eigenvalue weighted by molar-refractivity contribution is -0.167. The van der Waals surface area contributed by atoms with Crippen molar-refractivity contribution in [3.63, 3.8) is 0 Å². The molecule has 19 nitrogen and oxygen atoms in total. The quantitative estimate of drug-likeness (QED) is 0.0382. The van der Waals surface area contributed by atoms with Crippen LogP contribution in [0, 0.1) is 0 Å². The molecule has 3 amide bonds. The van der Waals surface area contributed by atoms with Crippen LogP contribution in [0.4, 0.5) is 15.3 Å². The second-order valence-electron chi connectivity index (χ2n) is 22.6. The molecule has 0 radical (unpaired) electrons. The van der Waals surface area contributed by atoms with E-state index in [1.54, 1.807) is 89.2 Å². The summed E-state index contributed by atoms with van der Waals surface area (Å²) in [5.41, 5.74) is -2.85. The second-order valence-corrected chi connectivity index (χ2v) is 28.3. The summed E-state index contributed by atoms with van der Waals surface area (Å²) in [6.45, 7) is 25.9. The lowest BCUT2D eigenvalue weighted by atomic mass is 10.0. The van der Waals surface area contributed by atoms with Gasteiger partial charge in [-0.3, -0.25) is 14.9 Å². The number of phenols is 1. The molecule has 1 unspecified atom stereocenters. The summed E-state index contributed by atoms with van der Waals surface area (Å²) in [5.74, 6) is -5.12. The third-order valence-electron chi connectivity index (χ3n) is 9.80. The van der Waals surface area contributed by atoms with Crippen molar-refractivity contribution in [1.29, 1.82) is 0 Å². The molecule has 0 aliphatic carbocycles. The third kappa shape index (κ3) is 19.9. The predicted octanol–water partition coefficient (Wildman–Crippen LogP) is 9.74. The van der Waals surface area contributed by atoms with Gasteiger partial charge in [-0.1, -0.05) is 25.7 Å². The number of fused-ring (bicyclic) bond motifs is 2. The van der Waals surface area contributed by atoms with E-state index in [4.69, 9.17) is 33.2 Å². The van der Waals surface area contributed by atoms with Gasteiger partial charge in [0.25, 0.3) is 5.91 Å². The van der Waals surface area contributed by atoms with Gasteiger partial charge in [-0.2, -0.15) is 0 Å². The first-order chi connectivity index (χ1) is 33.5. The highest BCUT2D eigenvalue weighted by Gasteiger charge is 2.39. The highest BCUT2D eigenvalue weighted by molar-refractivity contribution is 6.76. The number of ether oxygens (including phenoxy) is 7. The highest BCUT2D eigenvalue weighted by atomic mass is 28.3. The Labute approximate surface area is 428 Å². The summed E-state index contributed by atoms with van der Waals surface area (Å²) in [5, 5.41) is 16.2. The number of guanidine groups is 1. The molecule has 3 aromatic rings. The number of rotatable bonds is 12. The van der Waals surface area contributed by atoms with Gasteiger partial charge in [-0.15, -0.1) is 4.99 Å². The number of anilines is 1. The zero-order chi connectivity index (χ0) is 54.9. The summed E-state index contributed by atoms with van der Waals surface area (Å²) in [6.07, 6.45) is -2.04. The lowest BCUT2D eigenvalue weighted by Gasteiger charge is -2.33. The summed E-state index contributed by atoms with van der Waals surface area (Å²) >= 11 is 0. The molecule has 20 heteroatoms. The van der Waals surface area contributed by atoms with Crippen LogP contribution in [0.15, 0.2) is 59.6 Å². The van der Waals surface area contributed by atoms with E-state index in [0.717, 1.165) is 4.90 Å². The van der Waals surface area contributed by atoms with Gasteiger partial charge in [0.2, 0.25) is 5.96 Å². The Morgan fingerprint density at radius 1 is 0.808 bits per heavy atom. The maximum absolute atomic E-state index is 15.3. The number of carbonyl (C=O) groups excluding carboxylic acids is 7. The number of amides is 3. The van der Waals surface area contributed by atoms with Gasteiger partial charge in [0.05, 0.1) is 36.3 Å². The van der Waals surface area contributed by atoms with Gasteiger partial charge >= 0.3 is 36.1 Å². The zero-order valence-electron chi connectivity index (χ0n) is 44.8. The second kappa shape index (κ2) is 23.7. The van der Waals surface area contributed by atoms with Crippen LogP contribution in [0.3, 0.4) is 0 Å². The number of aryl methyl sites for hydroxylation is 1. The average molecular weight is 1030 g/mol. The normalized spacial score (nSPS) is 13.8. The Morgan fingerprint density at radius 3 is 2.07 bits per heavy atom. The molecule has 4 rings (SSSR count). The fourth-order valence-corrected chi connectivity index (χ4v) is 7.62. The van der Waals surface area contributed by atoms with E-state index in [-0.39, 0.29) is 71.5 Å². The van der Waals surface area contributed by atoms with E-state index in [2.05, 4.69) is 35.3 Å². The predicted molar refractivity (Wildman–Crippen MR) is 275 cm³/mol. The van der Waals surface area contributed by atoms with Crippen molar-refractivity contribution >= 4 is 61.7 Å². The third-order valence-corrected chi connectivity index (χ3v) is 11.5. The van der Waals surface area contributed by atoms with Crippen LogP contribution in [-0.4, -0.2) is 108 Å². The van der Waals surface area contributed by atoms with Crippen molar-refractivity contribution < 1.29 is 71.8 Å². The Bertz CT molecular complexity index is 2580. The van der Waals surface area contributed by atoms with E-state index in [1.165, 1.54) is 48.5 Å². The van der Waals surface area contributed by atoms with Crippen molar-refractivity contribution in [1.82, 2.24) is 10.2 Å². The lowest BCUT2D eigenvalue weighted by Crippen LogP contribution is -2.48. The van der Waals surface area contributed by atoms with E-state index in [0.29, 0.717) is 17.3 Å². The molecule has 0 fully saturated rings. The first kappa shape index (κ1) is 58.6. The molecule has 398 valence electrons. The highest BCUT2D eigenvalue weighted by Crippen LogP contribution is 2.36. The number of alkyl carbamates (subject to hydrolysis) is 1. The van der Waals surface area contributed by atoms with Gasteiger partial charge < -0.3 is 48.5 Å². The molecule has 1 aliphatic heterocycles. The number of hydrogen-bond donors (Lipinski definition) is 3. The average Bonchev–Trinajstić information content (AvgIpc) is 3.20. The van der Waals surface area contributed by atoms with Crippen LogP contribution in [0.2, 0.25) is 25.7 Å². The van der Waals surface area contributed by atoms with Crippen molar-refractivity contribution in [3.8, 4) is 17.2 Å². The number of para-hydroxylation sites is 1. The van der Waals surface area contributed by atoms with E-state index < -0.39 is 91.5 Å². The van der Waals surface area contributed by atoms with Crippen LogP contribution in [0.1, 0.15) is 138 Å². The van der Waals surface area contributed by atoms with Gasteiger partial charge in [0, 0.05) is 20.3 Å². The maximum Gasteiger partial charge on any atom is 0.437 e. The van der Waals surface area contributed by atoms with Crippen molar-refractivity contribution in [2.75, 3.05) is 18.5 Å². The number of hydrogen-bond acceptors (Lipinski definition) is 15. The Balaban J connectivity index is 1.79. The molecule has 3 aromatic carbocycles. The number of aromatic hydroxyl groups is 1. The first-order valence-electron chi connectivity index (χ1n) is 24.0. The summed E-state index contributed by atoms with van der Waals surface area (Å²) < 4.78 is 39.9. The molecule has 0 saturated heterocycles. The summed E-state index contributed by atoms with van der Waals surface area (Å²) in [6, 6.07) is 11.9. The molecule has 0 spiro atoms. The first-order valence-corrected chi connectivity index (χ1v) is 27.7. The SMILES string of the molecule is CC(C)(C)OC(=O)CC(C(=O)OC(C)(C)C)N(Cc1cc(O)cc(C(=O)OCC[Si](C)(C)C)c1)C(=O)c1cccc2c1OCCCc1cc(NC(=NC(=O)OC(C)(C)C)NC(=O)OC(C)(C)C)ccc1C(=O)O2. The number of nitrogens with one attached hydrogen (secondary N) is 2. The van der Waals surface area contributed by atoms with Gasteiger partial charge in [-0.05, 0) is 162 Å². The Kier molecular flexibility index (Phi) is 19.0. The molecule has 1 heterocycles. The minimum absolute atomic E-state index is 0.0126. The molecular weight excluding hydrogens is 961 g/mol. The molecule has 3 N–H and O–H groups in total. The molecular formula is C53H72N4O15Si. The fraction of sp³-hybridized carbons (Fsp3) is 0.509. The van der Waals surface area contributed by atoms with Gasteiger partial charge in [-0.25, -0.2) is 24.0 Å². The number of benzene rings is 3. The van der Waals surface area contributed by atoms with Crippen LogP contribution in [0.5, 0.6) is 17.2 Å². The standard InChI is InChI=1S/C53H72N4O15Si/c1-50(2,3)69-41(59)30-39(46(63)70-51(4,5)6)57(31-32-26-34(29-36(58)27-32)44(61)67-24-25-73(13,14)15)43(60)38-19-16-20-40-42(38)66-23-17-18-33-28-35(21-22-37(33)45(62)68-40)54-47(55-48(64)71-52(7,8)9)56-49(65)72-53(10,11)12/h16,19-22,26-29,39,58H,17-18,23-25,30-31H2,1-15H3,(H2,54,55,56,64,65). The smallest absolute Gasteiger partial charge is 0.437 e. The monoisotopic (exact) mass is 1030 g/mol. The minimum Gasteiger partial charge on any atom is -0.508 e. The van der Waals surface area contributed by atoms with E-state index in [9.17, 15) is 33.9 Å². The molecule has 0 aromatic heterocycles. The van der Waals surface area contributed by atoms with Crippen molar-refractivity contribution in [2.45, 2.75) is 163 Å². The number of nitrogens with zero attached hydrogens (tertiary/aromatic N) is 2. The number of carbonyl (C=O) groups is 7. The Morgan fingerprint density at radius 2 is 1.45 bits per heavy atom. The molecule has 73 heavy (non-hydrogen) atoms. The molecule has 0 saturated carbocycles. The topological polar surface area (TPSA) is 244 Å². The van der Waals surface area contributed by atoms with Crippen molar-refractivity contribution in [3.05, 3.63) is 82.4 Å². The number of phenolic OH excluding ortho intramolecular Hbond substituents is 1. The number of esters is 4. The molecule has 1 atom stereocenters. The summed E-state index contributed by atoms with van der Waals surface area (Å²) in [4.78, 5) is 101. The van der Waals surface area contributed by atoms with Gasteiger partial charge in [0.15, 0.2) is 11.5 Å². The maximum atomic E-state index is 15.3. The largest absolute Gasteiger partial charge is 0.508 e. The van der Waals surface area contributed by atoms with Crippen molar-refractivity contribution in [2.24, 2.45) is 4.99 Å². The van der Waals surface area contributed by atoms with Crippen LogP contribution < -0.4 is 20.1 Å². The van der Waals surface area contributed by atoms with Crippen LogP contribution in [-0.2, 0) is 46.2 Å². The Hall–Kier alpha value is -6.96. The van der Waals surface area contributed by atoms with Crippen LogP contribution in [0.25, 0.3) is 0 Å². The minimum atomic E-state index is -1.64. The zero-order valence-corrected chi connectivity index (χ0v) is 45.8. The van der Waals surface area contributed by atoms with E-state index in [1.807, 2.05) is 0 Å². The molecule has 1 aliphatic rings. The van der Waals surface area contributed by atoms with Crippen LogP contribution >= 0.6 is 0 Å². The summed E-state index contributed by atoms with van der Waals surface area (Å²) in [7, 11) is -1.57. The number of aliphatic imine (C=N–C) groups is 1. The fourth-order valence-electron chi connectivity index (χ4n) is 6.91. The van der Waals surface area contributed by atoms with E-state index >= 15 is 4.79 Å².